The third-order valence-electron chi connectivity index (χ3n) is 4.75. The van der Waals surface area contributed by atoms with Gasteiger partial charge in [0.15, 0.2) is 0 Å². The van der Waals surface area contributed by atoms with Crippen molar-refractivity contribution in [1.82, 2.24) is 4.57 Å². The fourth-order valence-corrected chi connectivity index (χ4v) is 5.05. The monoisotopic (exact) mass is 289 g/mol. The van der Waals surface area contributed by atoms with Gasteiger partial charge in [0, 0.05) is 44.9 Å². The topological polar surface area (TPSA) is 4.93 Å². The van der Waals surface area contributed by atoms with E-state index >= 15 is 0 Å². The van der Waals surface area contributed by atoms with Crippen molar-refractivity contribution in [1.29, 1.82) is 0 Å². The van der Waals surface area contributed by atoms with Crippen LogP contribution in [0.5, 0.6) is 0 Å². The summed E-state index contributed by atoms with van der Waals surface area (Å²) in [4.78, 5) is 1.44. The van der Waals surface area contributed by atoms with Gasteiger partial charge in [-0.3, -0.25) is 0 Å². The van der Waals surface area contributed by atoms with E-state index in [0.29, 0.717) is 11.2 Å². The number of nitrogens with zero attached hydrogens (tertiary/aromatic N) is 1. The molecule has 0 N–H and O–H groups in total. The Hall–Kier alpha value is -1.93. The highest BCUT2D eigenvalue weighted by atomic mass is 32.2. The van der Waals surface area contributed by atoms with E-state index in [1.807, 2.05) is 11.8 Å². The fraction of sp³-hybridized carbons (Fsp3) is 0.158. The van der Waals surface area contributed by atoms with E-state index < -0.39 is 0 Å². The van der Waals surface area contributed by atoms with Crippen LogP contribution in [0.1, 0.15) is 11.5 Å². The molecule has 0 fully saturated rings. The minimum absolute atomic E-state index is 0.540. The predicted molar refractivity (Wildman–Crippen MR) is 91.1 cm³/mol. The molecule has 1 aliphatic heterocycles. The normalized spacial score (nSPS) is 22.9. The first-order valence-electron chi connectivity index (χ1n) is 7.35. The van der Waals surface area contributed by atoms with Crippen molar-refractivity contribution in [3.8, 4) is 0 Å². The zero-order valence-corrected chi connectivity index (χ0v) is 12.6. The van der Waals surface area contributed by atoms with Crippen LogP contribution in [0.15, 0.2) is 65.6 Å². The Morgan fingerprint density at radius 2 is 1.81 bits per heavy atom. The number of thioether (sulfide) groups is 1. The Kier molecular flexibility index (Phi) is 2.25. The molecule has 21 heavy (non-hydrogen) atoms. The quantitative estimate of drug-likeness (QED) is 0.563. The molecule has 3 aromatic rings. The first-order chi connectivity index (χ1) is 10.3. The summed E-state index contributed by atoms with van der Waals surface area (Å²) >= 11 is 2.00. The molecule has 102 valence electrons. The highest BCUT2D eigenvalue weighted by molar-refractivity contribution is 8.00. The third kappa shape index (κ3) is 1.48. The molecular formula is C19H15NS. The number of aryl methyl sites for hydroxylation is 1. The number of hydrogen-bond donors (Lipinski definition) is 0. The number of para-hydroxylation sites is 1. The van der Waals surface area contributed by atoms with Crippen LogP contribution < -0.4 is 0 Å². The van der Waals surface area contributed by atoms with Crippen LogP contribution in [-0.2, 0) is 7.05 Å². The summed E-state index contributed by atoms with van der Waals surface area (Å²) in [6, 6.07) is 13.5. The van der Waals surface area contributed by atoms with Gasteiger partial charge in [0.1, 0.15) is 0 Å². The number of benzene rings is 2. The lowest BCUT2D eigenvalue weighted by Gasteiger charge is -2.14. The summed E-state index contributed by atoms with van der Waals surface area (Å²) < 4.78 is 2.32. The smallest absolute Gasteiger partial charge is 0.0500 e. The maximum atomic E-state index is 2.42. The average Bonchev–Trinajstić information content (AvgIpc) is 3.02. The van der Waals surface area contributed by atoms with Gasteiger partial charge in [0.05, 0.1) is 0 Å². The van der Waals surface area contributed by atoms with E-state index in [2.05, 4.69) is 72.3 Å². The largest absolute Gasteiger partial charge is 0.344 e. The number of fused-ring (bicyclic) bond motifs is 6. The van der Waals surface area contributed by atoms with Gasteiger partial charge in [-0.15, -0.1) is 11.8 Å². The number of hydrogen-bond acceptors (Lipinski definition) is 1. The van der Waals surface area contributed by atoms with Crippen LogP contribution in [0.25, 0.3) is 21.8 Å². The Balaban J connectivity index is 1.86. The maximum absolute atomic E-state index is 2.42. The molecule has 2 heterocycles. The van der Waals surface area contributed by atoms with Gasteiger partial charge < -0.3 is 4.57 Å². The van der Waals surface area contributed by atoms with Crippen molar-refractivity contribution in [3.05, 3.63) is 66.3 Å². The fourth-order valence-electron chi connectivity index (χ4n) is 3.69. The number of aromatic nitrogens is 1. The van der Waals surface area contributed by atoms with Crippen LogP contribution in [0.3, 0.4) is 0 Å². The first kappa shape index (κ1) is 11.7. The molecule has 5 rings (SSSR count). The number of allylic oxidation sites excluding steroid dienone is 3. The van der Waals surface area contributed by atoms with Crippen LogP contribution >= 0.6 is 11.8 Å². The molecule has 2 aliphatic rings. The molecule has 0 saturated heterocycles. The van der Waals surface area contributed by atoms with Gasteiger partial charge >= 0.3 is 0 Å². The van der Waals surface area contributed by atoms with Gasteiger partial charge in [0.2, 0.25) is 0 Å². The lowest BCUT2D eigenvalue weighted by atomic mass is 9.91. The van der Waals surface area contributed by atoms with Crippen molar-refractivity contribution in [2.45, 2.75) is 16.1 Å². The van der Waals surface area contributed by atoms with E-state index in [1.165, 1.54) is 32.3 Å². The van der Waals surface area contributed by atoms with Crippen LogP contribution in [0.4, 0.5) is 0 Å². The molecule has 1 aromatic heterocycles. The van der Waals surface area contributed by atoms with E-state index in [-0.39, 0.29) is 0 Å². The van der Waals surface area contributed by atoms with Crippen LogP contribution in [0, 0.1) is 0 Å². The van der Waals surface area contributed by atoms with Gasteiger partial charge in [-0.2, -0.15) is 0 Å². The molecule has 0 bridgehead atoms. The molecule has 0 radical (unpaired) electrons. The SMILES string of the molecule is Cn1c2ccccc2c2cc3c(cc21)SC1C=CC=CC31. The Morgan fingerprint density at radius 3 is 2.76 bits per heavy atom. The third-order valence-corrected chi connectivity index (χ3v) is 6.08. The lowest BCUT2D eigenvalue weighted by molar-refractivity contribution is 0.882. The summed E-state index contributed by atoms with van der Waals surface area (Å²) in [5.41, 5.74) is 4.15. The van der Waals surface area contributed by atoms with Gasteiger partial charge in [0.25, 0.3) is 0 Å². The van der Waals surface area contributed by atoms with E-state index in [4.69, 9.17) is 0 Å². The highest BCUT2D eigenvalue weighted by Crippen LogP contribution is 2.49. The van der Waals surface area contributed by atoms with Gasteiger partial charge in [-0.05, 0) is 23.8 Å². The summed E-state index contributed by atoms with van der Waals surface area (Å²) in [5.74, 6) is 0.540. The second-order valence-corrected chi connectivity index (χ2v) is 7.08. The van der Waals surface area contributed by atoms with Crippen molar-refractivity contribution in [3.63, 3.8) is 0 Å². The van der Waals surface area contributed by atoms with Crippen molar-refractivity contribution in [2.24, 2.45) is 7.05 Å². The predicted octanol–water partition coefficient (Wildman–Crippen LogP) is 5.02. The molecule has 2 aromatic carbocycles. The first-order valence-corrected chi connectivity index (χ1v) is 8.23. The second-order valence-electron chi connectivity index (χ2n) is 5.86. The summed E-state index contributed by atoms with van der Waals surface area (Å²) in [7, 11) is 2.17. The molecular weight excluding hydrogens is 274 g/mol. The van der Waals surface area contributed by atoms with Crippen LogP contribution in [0.2, 0.25) is 0 Å². The average molecular weight is 289 g/mol. The summed E-state index contributed by atoms with van der Waals surface area (Å²) in [6.07, 6.45) is 9.04. The van der Waals surface area contributed by atoms with Gasteiger partial charge in [-0.25, -0.2) is 0 Å². The lowest BCUT2D eigenvalue weighted by Crippen LogP contribution is -2.06. The zero-order valence-electron chi connectivity index (χ0n) is 11.8. The van der Waals surface area contributed by atoms with Crippen LogP contribution in [-0.4, -0.2) is 9.82 Å². The molecule has 2 atom stereocenters. The highest BCUT2D eigenvalue weighted by Gasteiger charge is 2.31. The second kappa shape index (κ2) is 4.05. The Labute approximate surface area is 128 Å². The minimum Gasteiger partial charge on any atom is -0.344 e. The number of rotatable bonds is 0. The molecule has 1 nitrogen and oxygen atoms in total. The molecule has 0 saturated carbocycles. The summed E-state index contributed by atoms with van der Waals surface area (Å²) in [5, 5.41) is 3.32. The maximum Gasteiger partial charge on any atom is 0.0500 e. The van der Waals surface area contributed by atoms with E-state index in [0.717, 1.165) is 0 Å². The van der Waals surface area contributed by atoms with Crippen molar-refractivity contribution in [2.75, 3.05) is 0 Å². The Morgan fingerprint density at radius 1 is 0.952 bits per heavy atom. The molecule has 0 amide bonds. The molecule has 1 aliphatic carbocycles. The van der Waals surface area contributed by atoms with E-state index in [1.54, 1.807) is 0 Å². The molecule has 2 heteroatoms. The Bertz CT molecular complexity index is 945. The van der Waals surface area contributed by atoms with Crippen molar-refractivity contribution >= 4 is 33.6 Å². The zero-order chi connectivity index (χ0) is 14.0. The van der Waals surface area contributed by atoms with E-state index in [9.17, 15) is 0 Å². The summed E-state index contributed by atoms with van der Waals surface area (Å²) in [6.45, 7) is 0. The van der Waals surface area contributed by atoms with Crippen molar-refractivity contribution < 1.29 is 0 Å². The standard InChI is InChI=1S/C19H15NS/c1-20-16-8-4-2-6-12(16)14-10-15-13-7-3-5-9-18(13)21-19(15)11-17(14)20/h2-11,13,18H,1H3. The van der Waals surface area contributed by atoms with Gasteiger partial charge in [-0.1, -0.05) is 42.5 Å². The molecule has 0 spiro atoms. The molecule has 2 unspecified atom stereocenters. The minimum atomic E-state index is 0.540.